The molecule has 16 heavy (non-hydrogen) atoms. The van der Waals surface area contributed by atoms with Gasteiger partial charge >= 0.3 is 0 Å². The molecule has 92 valence electrons. The maximum absolute atomic E-state index is 5.66. The highest BCUT2D eigenvalue weighted by Gasteiger charge is 2.34. The second-order valence-corrected chi connectivity index (χ2v) is 4.99. The van der Waals surface area contributed by atoms with Crippen LogP contribution in [0.15, 0.2) is 0 Å². The van der Waals surface area contributed by atoms with Crippen LogP contribution in [0.4, 0.5) is 0 Å². The standard InChI is InChI=1S/C14H26N2/c1-6-8-13(7-2)16-10-9-14(15-5)11(3)12(16)4/h2,11-15H,6,8-10H2,1,3-5H3. The highest BCUT2D eigenvalue weighted by molar-refractivity contribution is 5.03. The molecular formula is C14H26N2. The Morgan fingerprint density at radius 3 is 2.69 bits per heavy atom. The summed E-state index contributed by atoms with van der Waals surface area (Å²) in [5.74, 6) is 3.63. The van der Waals surface area contributed by atoms with Crippen LogP contribution in [-0.2, 0) is 0 Å². The quantitative estimate of drug-likeness (QED) is 0.733. The summed E-state index contributed by atoms with van der Waals surface area (Å²) in [6.45, 7) is 7.98. The summed E-state index contributed by atoms with van der Waals surface area (Å²) in [6, 6.07) is 1.56. The second kappa shape index (κ2) is 6.27. The lowest BCUT2D eigenvalue weighted by molar-refractivity contribution is 0.0648. The van der Waals surface area contributed by atoms with Gasteiger partial charge in [0.05, 0.1) is 6.04 Å². The van der Waals surface area contributed by atoms with Crippen LogP contribution in [0.5, 0.6) is 0 Å². The van der Waals surface area contributed by atoms with Gasteiger partial charge in [-0.2, -0.15) is 0 Å². The molecule has 4 atom stereocenters. The van der Waals surface area contributed by atoms with Crippen molar-refractivity contribution in [3.05, 3.63) is 0 Å². The molecule has 0 aliphatic carbocycles. The van der Waals surface area contributed by atoms with E-state index in [1.807, 2.05) is 0 Å². The molecule has 0 spiro atoms. The predicted octanol–water partition coefficient (Wildman–Crippen LogP) is 2.11. The van der Waals surface area contributed by atoms with Gasteiger partial charge in [-0.25, -0.2) is 0 Å². The first-order chi connectivity index (χ1) is 7.65. The number of terminal acetylenes is 1. The van der Waals surface area contributed by atoms with E-state index < -0.39 is 0 Å². The Balaban J connectivity index is 2.66. The molecule has 0 bridgehead atoms. The summed E-state index contributed by atoms with van der Waals surface area (Å²) in [7, 11) is 2.06. The highest BCUT2D eigenvalue weighted by Crippen LogP contribution is 2.26. The Morgan fingerprint density at radius 1 is 1.50 bits per heavy atom. The minimum Gasteiger partial charge on any atom is -0.317 e. The summed E-state index contributed by atoms with van der Waals surface area (Å²) in [4.78, 5) is 2.52. The molecule has 1 fully saturated rings. The maximum atomic E-state index is 5.66. The van der Waals surface area contributed by atoms with E-state index in [2.05, 4.69) is 44.0 Å². The van der Waals surface area contributed by atoms with Crippen LogP contribution in [0.25, 0.3) is 0 Å². The maximum Gasteiger partial charge on any atom is 0.0714 e. The number of hydrogen-bond acceptors (Lipinski definition) is 2. The Hall–Kier alpha value is -0.520. The van der Waals surface area contributed by atoms with Crippen LogP contribution in [-0.4, -0.2) is 36.6 Å². The summed E-state index contributed by atoms with van der Waals surface area (Å²) in [6.07, 6.45) is 9.16. The number of nitrogens with zero attached hydrogens (tertiary/aromatic N) is 1. The molecule has 0 aromatic carbocycles. The van der Waals surface area contributed by atoms with E-state index in [9.17, 15) is 0 Å². The molecule has 1 aliphatic rings. The fourth-order valence-corrected chi connectivity index (χ4v) is 2.86. The van der Waals surface area contributed by atoms with Gasteiger partial charge in [-0.1, -0.05) is 26.2 Å². The Bertz CT molecular complexity index is 244. The van der Waals surface area contributed by atoms with Gasteiger partial charge in [-0.3, -0.25) is 4.90 Å². The lowest BCUT2D eigenvalue weighted by atomic mass is 9.85. The largest absolute Gasteiger partial charge is 0.317 e. The molecule has 1 rings (SSSR count). The minimum atomic E-state index is 0.334. The van der Waals surface area contributed by atoms with Gasteiger partial charge in [-0.15, -0.1) is 6.42 Å². The van der Waals surface area contributed by atoms with Crippen LogP contribution >= 0.6 is 0 Å². The van der Waals surface area contributed by atoms with E-state index in [-0.39, 0.29) is 0 Å². The number of hydrogen-bond donors (Lipinski definition) is 1. The summed E-state index contributed by atoms with van der Waals surface area (Å²) >= 11 is 0. The van der Waals surface area contributed by atoms with Crippen LogP contribution in [0.3, 0.4) is 0 Å². The van der Waals surface area contributed by atoms with Gasteiger partial charge < -0.3 is 5.32 Å². The van der Waals surface area contributed by atoms with E-state index in [4.69, 9.17) is 6.42 Å². The van der Waals surface area contributed by atoms with Gasteiger partial charge in [0, 0.05) is 18.6 Å². The zero-order valence-electron chi connectivity index (χ0n) is 11.2. The van der Waals surface area contributed by atoms with Gasteiger partial charge in [0.2, 0.25) is 0 Å². The van der Waals surface area contributed by atoms with E-state index in [0.29, 0.717) is 24.0 Å². The highest BCUT2D eigenvalue weighted by atomic mass is 15.2. The van der Waals surface area contributed by atoms with Crippen LogP contribution in [0, 0.1) is 18.3 Å². The van der Waals surface area contributed by atoms with Gasteiger partial charge in [0.15, 0.2) is 0 Å². The SMILES string of the molecule is C#CC(CCC)N1CCC(NC)C(C)C1C. The third kappa shape index (κ3) is 2.78. The fourth-order valence-electron chi connectivity index (χ4n) is 2.86. The number of rotatable bonds is 4. The Labute approximate surface area is 101 Å². The molecule has 1 heterocycles. The molecule has 2 heteroatoms. The van der Waals surface area contributed by atoms with E-state index >= 15 is 0 Å². The van der Waals surface area contributed by atoms with Crippen LogP contribution in [0.2, 0.25) is 0 Å². The third-order valence-electron chi connectivity index (χ3n) is 4.14. The molecule has 2 nitrogen and oxygen atoms in total. The average Bonchev–Trinajstić information content (AvgIpc) is 2.30. The number of piperidine rings is 1. The van der Waals surface area contributed by atoms with Crippen molar-refractivity contribution < 1.29 is 0 Å². The Kier molecular flexibility index (Phi) is 5.31. The molecule has 0 saturated carbocycles. The summed E-state index contributed by atoms with van der Waals surface area (Å²) in [5.41, 5.74) is 0. The second-order valence-electron chi connectivity index (χ2n) is 4.99. The number of nitrogens with one attached hydrogen (secondary N) is 1. The van der Waals surface area contributed by atoms with Crippen molar-refractivity contribution in [2.24, 2.45) is 5.92 Å². The molecule has 0 aromatic rings. The van der Waals surface area contributed by atoms with Crippen molar-refractivity contribution in [3.63, 3.8) is 0 Å². The number of likely N-dealkylation sites (tertiary alicyclic amines) is 1. The van der Waals surface area contributed by atoms with E-state index in [1.165, 1.54) is 12.8 Å². The topological polar surface area (TPSA) is 15.3 Å². The zero-order chi connectivity index (χ0) is 12.1. The molecule has 1 N–H and O–H groups in total. The lowest BCUT2D eigenvalue weighted by Crippen LogP contribution is -2.55. The van der Waals surface area contributed by atoms with Crippen molar-refractivity contribution in [1.82, 2.24) is 10.2 Å². The van der Waals surface area contributed by atoms with Gasteiger partial charge in [0.1, 0.15) is 0 Å². The monoisotopic (exact) mass is 222 g/mol. The zero-order valence-corrected chi connectivity index (χ0v) is 11.2. The molecule has 0 aromatic heterocycles. The van der Waals surface area contributed by atoms with Gasteiger partial charge in [-0.05, 0) is 32.7 Å². The van der Waals surface area contributed by atoms with Crippen LogP contribution in [0.1, 0.15) is 40.0 Å². The third-order valence-corrected chi connectivity index (χ3v) is 4.14. The fraction of sp³-hybridized carbons (Fsp3) is 0.857. The average molecular weight is 222 g/mol. The van der Waals surface area contributed by atoms with Crippen molar-refractivity contribution >= 4 is 0 Å². The first-order valence-electron chi connectivity index (χ1n) is 6.54. The molecule has 1 aliphatic heterocycles. The van der Waals surface area contributed by atoms with Crippen molar-refractivity contribution in [1.29, 1.82) is 0 Å². The summed E-state index contributed by atoms with van der Waals surface area (Å²) < 4.78 is 0. The molecule has 0 radical (unpaired) electrons. The molecular weight excluding hydrogens is 196 g/mol. The van der Waals surface area contributed by atoms with Crippen molar-refractivity contribution in [2.45, 2.75) is 58.2 Å². The predicted molar refractivity (Wildman–Crippen MR) is 70.3 cm³/mol. The summed E-state index contributed by atoms with van der Waals surface area (Å²) in [5, 5.41) is 3.42. The molecule has 1 saturated heterocycles. The van der Waals surface area contributed by atoms with E-state index in [0.717, 1.165) is 13.0 Å². The first kappa shape index (κ1) is 13.5. The smallest absolute Gasteiger partial charge is 0.0714 e. The van der Waals surface area contributed by atoms with Crippen molar-refractivity contribution in [3.8, 4) is 12.3 Å². The first-order valence-corrected chi connectivity index (χ1v) is 6.54. The van der Waals surface area contributed by atoms with E-state index in [1.54, 1.807) is 0 Å². The lowest BCUT2D eigenvalue weighted by Gasteiger charge is -2.45. The minimum absolute atomic E-state index is 0.334. The molecule has 0 amide bonds. The van der Waals surface area contributed by atoms with Crippen LogP contribution < -0.4 is 5.32 Å². The Morgan fingerprint density at radius 2 is 2.19 bits per heavy atom. The van der Waals surface area contributed by atoms with Crippen molar-refractivity contribution in [2.75, 3.05) is 13.6 Å². The molecule has 4 unspecified atom stereocenters. The van der Waals surface area contributed by atoms with Gasteiger partial charge in [0.25, 0.3) is 0 Å². The normalized spacial score (nSPS) is 33.3.